The number of rotatable bonds is 8. The first-order chi connectivity index (χ1) is 11.5. The second-order valence-corrected chi connectivity index (χ2v) is 6.64. The Bertz CT molecular complexity index is 666. The lowest BCUT2D eigenvalue weighted by atomic mass is 10.1. The fourth-order valence-corrected chi connectivity index (χ4v) is 2.59. The van der Waals surface area contributed by atoms with E-state index in [4.69, 9.17) is 4.42 Å². The van der Waals surface area contributed by atoms with Gasteiger partial charge in [-0.15, -0.1) is 0 Å². The number of benzene rings is 1. The second-order valence-electron chi connectivity index (χ2n) is 5.73. The fraction of sp³-hybridized carbons (Fsp3) is 0.333. The Morgan fingerprint density at radius 1 is 1.17 bits per heavy atom. The van der Waals surface area contributed by atoms with Crippen molar-refractivity contribution in [2.45, 2.75) is 18.9 Å². The average Bonchev–Trinajstić information content (AvgIpc) is 3.07. The molecule has 0 radical (unpaired) electrons. The highest BCUT2D eigenvalue weighted by Gasteiger charge is 2.18. The molecule has 0 fully saturated rings. The molecule has 1 N–H and O–H groups in total. The first-order valence-electron chi connectivity index (χ1n) is 7.72. The Morgan fingerprint density at radius 2 is 1.88 bits per heavy atom. The van der Waals surface area contributed by atoms with Gasteiger partial charge in [-0.1, -0.05) is 28.1 Å². The monoisotopic (exact) mass is 392 g/mol. The van der Waals surface area contributed by atoms with Gasteiger partial charge in [-0.3, -0.25) is 14.5 Å². The number of halogens is 1. The van der Waals surface area contributed by atoms with Crippen molar-refractivity contribution in [2.75, 3.05) is 20.6 Å². The number of ketones is 1. The number of carbonyl (C=O) groups excluding carboxylic acids is 2. The highest BCUT2D eigenvalue weighted by Crippen LogP contribution is 2.17. The van der Waals surface area contributed by atoms with Crippen LogP contribution in [0.1, 0.15) is 35.0 Å². The van der Waals surface area contributed by atoms with Crippen LogP contribution in [0.5, 0.6) is 0 Å². The Labute approximate surface area is 150 Å². The standard InChI is InChI=1S/C18H21BrN2O3/c1-21(2)15(17-4-3-11-24-17)12-20-18(23)10-9-16(22)13-5-7-14(19)8-6-13/h3-8,11,15H,9-10,12H2,1-2H3,(H,20,23). The zero-order chi connectivity index (χ0) is 17.5. The third-order valence-electron chi connectivity index (χ3n) is 3.73. The molecular weight excluding hydrogens is 372 g/mol. The summed E-state index contributed by atoms with van der Waals surface area (Å²) in [6, 6.07) is 10.8. The van der Waals surface area contributed by atoms with E-state index in [2.05, 4.69) is 21.2 Å². The Kier molecular flexibility index (Phi) is 6.75. The second kappa shape index (κ2) is 8.80. The predicted molar refractivity (Wildman–Crippen MR) is 95.9 cm³/mol. The summed E-state index contributed by atoms with van der Waals surface area (Å²) in [5.74, 6) is 0.623. The molecule has 0 saturated carbocycles. The van der Waals surface area contributed by atoms with Gasteiger partial charge in [-0.25, -0.2) is 0 Å². The van der Waals surface area contributed by atoms with Gasteiger partial charge >= 0.3 is 0 Å². The number of hydrogen-bond acceptors (Lipinski definition) is 4. The maximum atomic E-state index is 12.1. The van der Waals surface area contributed by atoms with Gasteiger partial charge in [0.25, 0.3) is 0 Å². The maximum Gasteiger partial charge on any atom is 0.220 e. The van der Waals surface area contributed by atoms with Crippen LogP contribution in [-0.4, -0.2) is 37.2 Å². The average molecular weight is 393 g/mol. The van der Waals surface area contributed by atoms with Crippen molar-refractivity contribution < 1.29 is 14.0 Å². The van der Waals surface area contributed by atoms with Gasteiger partial charge in [0, 0.05) is 29.4 Å². The lowest BCUT2D eigenvalue weighted by molar-refractivity contribution is -0.121. The highest BCUT2D eigenvalue weighted by molar-refractivity contribution is 9.10. The van der Waals surface area contributed by atoms with Crippen LogP contribution in [0, 0.1) is 0 Å². The van der Waals surface area contributed by atoms with E-state index < -0.39 is 0 Å². The zero-order valence-electron chi connectivity index (χ0n) is 13.8. The maximum absolute atomic E-state index is 12.1. The van der Waals surface area contributed by atoms with Crippen molar-refractivity contribution in [3.63, 3.8) is 0 Å². The SMILES string of the molecule is CN(C)C(CNC(=O)CCC(=O)c1ccc(Br)cc1)c1ccco1. The number of nitrogens with zero attached hydrogens (tertiary/aromatic N) is 1. The molecule has 0 bridgehead atoms. The minimum atomic E-state index is -0.140. The normalized spacial score (nSPS) is 12.2. The first kappa shape index (κ1) is 18.4. The highest BCUT2D eigenvalue weighted by atomic mass is 79.9. The molecular formula is C18H21BrN2O3. The lowest BCUT2D eigenvalue weighted by Gasteiger charge is -2.22. The molecule has 2 rings (SSSR count). The fourth-order valence-electron chi connectivity index (χ4n) is 2.32. The Hall–Kier alpha value is -1.92. The quantitative estimate of drug-likeness (QED) is 0.699. The van der Waals surface area contributed by atoms with Gasteiger partial charge in [-0.2, -0.15) is 0 Å². The first-order valence-corrected chi connectivity index (χ1v) is 8.52. The van der Waals surface area contributed by atoms with Crippen LogP contribution in [-0.2, 0) is 4.79 Å². The van der Waals surface area contributed by atoms with Gasteiger partial charge in [0.15, 0.2) is 5.78 Å². The molecule has 1 amide bonds. The van der Waals surface area contributed by atoms with Gasteiger partial charge in [0.1, 0.15) is 5.76 Å². The van der Waals surface area contributed by atoms with E-state index >= 15 is 0 Å². The summed E-state index contributed by atoms with van der Waals surface area (Å²) in [4.78, 5) is 26.1. The van der Waals surface area contributed by atoms with Crippen molar-refractivity contribution in [3.05, 3.63) is 58.5 Å². The molecule has 0 aliphatic heterocycles. The largest absolute Gasteiger partial charge is 0.468 e. The summed E-state index contributed by atoms with van der Waals surface area (Å²) >= 11 is 3.33. The molecule has 1 atom stereocenters. The van der Waals surface area contributed by atoms with E-state index in [1.165, 1.54) is 0 Å². The van der Waals surface area contributed by atoms with Crippen LogP contribution >= 0.6 is 15.9 Å². The molecule has 1 unspecified atom stereocenters. The van der Waals surface area contributed by atoms with Crippen LogP contribution in [0.15, 0.2) is 51.6 Å². The summed E-state index contributed by atoms with van der Waals surface area (Å²) in [5, 5.41) is 2.87. The molecule has 2 aromatic rings. The topological polar surface area (TPSA) is 62.6 Å². The number of carbonyl (C=O) groups is 2. The van der Waals surface area contributed by atoms with Crippen molar-refractivity contribution in [1.82, 2.24) is 10.2 Å². The molecule has 0 aliphatic carbocycles. The summed E-state index contributed by atoms with van der Waals surface area (Å²) in [6.07, 6.45) is 1.98. The predicted octanol–water partition coefficient (Wildman–Crippen LogP) is 3.42. The van der Waals surface area contributed by atoms with Crippen LogP contribution in [0.25, 0.3) is 0 Å². The van der Waals surface area contributed by atoms with Crippen LogP contribution < -0.4 is 5.32 Å². The van der Waals surface area contributed by atoms with Crippen LogP contribution in [0.3, 0.4) is 0 Å². The van der Waals surface area contributed by atoms with E-state index in [1.807, 2.05) is 43.3 Å². The smallest absolute Gasteiger partial charge is 0.220 e. The molecule has 5 nitrogen and oxygen atoms in total. The van der Waals surface area contributed by atoms with Gasteiger partial charge in [0.2, 0.25) is 5.91 Å². The van der Waals surface area contributed by atoms with E-state index in [9.17, 15) is 9.59 Å². The summed E-state index contributed by atoms with van der Waals surface area (Å²) in [5.41, 5.74) is 0.618. The number of nitrogens with one attached hydrogen (secondary N) is 1. The molecule has 0 spiro atoms. The molecule has 1 heterocycles. The molecule has 1 aromatic carbocycles. The van der Waals surface area contributed by atoms with Gasteiger partial charge < -0.3 is 9.73 Å². The van der Waals surface area contributed by atoms with Crippen molar-refractivity contribution in [1.29, 1.82) is 0 Å². The van der Waals surface area contributed by atoms with E-state index in [0.29, 0.717) is 12.1 Å². The van der Waals surface area contributed by atoms with Crippen LogP contribution in [0.2, 0.25) is 0 Å². The Balaban J connectivity index is 1.80. The molecule has 24 heavy (non-hydrogen) atoms. The number of furan rings is 1. The van der Waals surface area contributed by atoms with E-state index in [0.717, 1.165) is 10.2 Å². The third-order valence-corrected chi connectivity index (χ3v) is 4.26. The van der Waals surface area contributed by atoms with Crippen molar-refractivity contribution in [2.24, 2.45) is 0 Å². The minimum Gasteiger partial charge on any atom is -0.468 e. The zero-order valence-corrected chi connectivity index (χ0v) is 15.4. The molecule has 1 aromatic heterocycles. The number of amides is 1. The molecule has 128 valence electrons. The molecule has 0 aliphatic rings. The number of hydrogen-bond donors (Lipinski definition) is 1. The van der Waals surface area contributed by atoms with E-state index in [-0.39, 0.29) is 30.6 Å². The Morgan fingerprint density at radius 3 is 2.46 bits per heavy atom. The van der Waals surface area contributed by atoms with E-state index in [1.54, 1.807) is 18.4 Å². The summed E-state index contributed by atoms with van der Waals surface area (Å²) < 4.78 is 6.32. The summed E-state index contributed by atoms with van der Waals surface area (Å²) in [7, 11) is 3.85. The summed E-state index contributed by atoms with van der Waals surface area (Å²) in [6.45, 7) is 0.436. The van der Waals surface area contributed by atoms with Crippen molar-refractivity contribution >= 4 is 27.6 Å². The van der Waals surface area contributed by atoms with Gasteiger partial charge in [0.05, 0.1) is 12.3 Å². The van der Waals surface area contributed by atoms with Gasteiger partial charge in [-0.05, 0) is 38.4 Å². The number of Topliss-reactive ketones (excluding diaryl/α,β-unsaturated/α-hetero) is 1. The molecule has 0 saturated heterocycles. The minimum absolute atomic E-state index is 0.0344. The third kappa shape index (κ3) is 5.32. The van der Waals surface area contributed by atoms with Crippen molar-refractivity contribution in [3.8, 4) is 0 Å². The number of likely N-dealkylation sites (N-methyl/N-ethyl adjacent to an activating group) is 1. The lowest BCUT2D eigenvalue weighted by Crippen LogP contribution is -2.34. The van der Waals surface area contributed by atoms with Crippen LogP contribution in [0.4, 0.5) is 0 Å². The molecule has 6 heteroatoms.